The molecule has 0 N–H and O–H groups in total. The molecule has 0 aromatic heterocycles. The van der Waals surface area contributed by atoms with Crippen molar-refractivity contribution in [3.8, 4) is 0 Å². The summed E-state index contributed by atoms with van der Waals surface area (Å²) in [5, 5.41) is 0. The van der Waals surface area contributed by atoms with E-state index in [-0.39, 0.29) is 48.7 Å². The van der Waals surface area contributed by atoms with Gasteiger partial charge in [0.05, 0.1) is 18.6 Å². The maximum absolute atomic E-state index is 12.0. The van der Waals surface area contributed by atoms with Crippen LogP contribution in [-0.4, -0.2) is 50.1 Å². The number of hydrogen-bond donors (Lipinski definition) is 0. The molecule has 184 valence electrons. The lowest BCUT2D eigenvalue weighted by molar-refractivity contribution is -0.194. The lowest BCUT2D eigenvalue weighted by Crippen LogP contribution is -2.34. The molecule has 4 fully saturated rings. The van der Waals surface area contributed by atoms with Crippen LogP contribution in [0.2, 0.25) is 0 Å². The number of allylic oxidation sites excluding steroid dienone is 2. The SMILES string of the molecule is CC(C1C=CCC1)[C@H](/C=C/[C@@H]1[C@H]2CC(=O)O[C@H]2C[C@H]1OC1CCCCO1)OC1CCCCO1. The van der Waals surface area contributed by atoms with Gasteiger partial charge in [0.1, 0.15) is 6.10 Å². The average Bonchev–Trinajstić information content (AvgIpc) is 3.55. The van der Waals surface area contributed by atoms with E-state index in [1.165, 1.54) is 6.42 Å². The van der Waals surface area contributed by atoms with Crippen molar-refractivity contribution in [2.75, 3.05) is 13.2 Å². The fraction of sp³-hybridized carbons (Fsp3) is 0.815. The monoisotopic (exact) mass is 460 g/mol. The van der Waals surface area contributed by atoms with Gasteiger partial charge in [-0.25, -0.2) is 0 Å². The number of esters is 1. The Labute approximate surface area is 198 Å². The molecule has 5 rings (SSSR count). The van der Waals surface area contributed by atoms with Crippen LogP contribution in [0.3, 0.4) is 0 Å². The van der Waals surface area contributed by atoms with Crippen LogP contribution in [0.25, 0.3) is 0 Å². The summed E-state index contributed by atoms with van der Waals surface area (Å²) in [5.74, 6) is 1.12. The Bertz CT molecular complexity index is 707. The zero-order valence-electron chi connectivity index (χ0n) is 19.9. The zero-order valence-corrected chi connectivity index (χ0v) is 19.9. The van der Waals surface area contributed by atoms with Crippen molar-refractivity contribution in [2.45, 2.75) is 102 Å². The molecule has 0 radical (unpaired) electrons. The van der Waals surface area contributed by atoms with Crippen LogP contribution in [0.15, 0.2) is 24.3 Å². The van der Waals surface area contributed by atoms with Crippen LogP contribution >= 0.6 is 0 Å². The molecule has 0 aromatic carbocycles. The predicted octanol–water partition coefficient (Wildman–Crippen LogP) is 4.92. The van der Waals surface area contributed by atoms with E-state index in [0.717, 1.165) is 64.6 Å². The van der Waals surface area contributed by atoms with Crippen molar-refractivity contribution in [2.24, 2.45) is 23.7 Å². The third-order valence-electron chi connectivity index (χ3n) is 8.23. The van der Waals surface area contributed by atoms with E-state index in [4.69, 9.17) is 23.7 Å². The molecule has 0 spiro atoms. The summed E-state index contributed by atoms with van der Waals surface area (Å²) in [5.41, 5.74) is 0. The molecule has 0 bridgehead atoms. The summed E-state index contributed by atoms with van der Waals surface area (Å²) in [6.07, 6.45) is 18.8. The fourth-order valence-electron chi connectivity index (χ4n) is 6.24. The molecule has 1 saturated carbocycles. The van der Waals surface area contributed by atoms with E-state index < -0.39 is 0 Å². The van der Waals surface area contributed by atoms with Crippen molar-refractivity contribution in [1.82, 2.24) is 0 Å². The van der Waals surface area contributed by atoms with Crippen LogP contribution in [0, 0.1) is 23.7 Å². The topological polar surface area (TPSA) is 63.2 Å². The highest BCUT2D eigenvalue weighted by molar-refractivity contribution is 5.72. The summed E-state index contributed by atoms with van der Waals surface area (Å²) in [6, 6.07) is 0. The lowest BCUT2D eigenvalue weighted by Gasteiger charge is -2.32. The molecule has 4 unspecified atom stereocenters. The van der Waals surface area contributed by atoms with Gasteiger partial charge in [0.25, 0.3) is 0 Å². The maximum atomic E-state index is 12.0. The molecular formula is C27H40O6. The number of ether oxygens (including phenoxy) is 5. The summed E-state index contributed by atoms with van der Waals surface area (Å²) in [7, 11) is 0. The Morgan fingerprint density at radius 3 is 2.55 bits per heavy atom. The quantitative estimate of drug-likeness (QED) is 0.378. The average molecular weight is 461 g/mol. The van der Waals surface area contributed by atoms with Crippen molar-refractivity contribution in [1.29, 1.82) is 0 Å². The van der Waals surface area contributed by atoms with Crippen molar-refractivity contribution in [3.05, 3.63) is 24.3 Å². The van der Waals surface area contributed by atoms with E-state index in [0.29, 0.717) is 18.3 Å². The first-order valence-electron chi connectivity index (χ1n) is 13.3. The molecule has 0 amide bonds. The van der Waals surface area contributed by atoms with Crippen LogP contribution in [-0.2, 0) is 28.5 Å². The second-order valence-electron chi connectivity index (χ2n) is 10.5. The molecule has 2 aliphatic carbocycles. The van der Waals surface area contributed by atoms with Gasteiger partial charge < -0.3 is 23.7 Å². The standard InChI is InChI=1S/C27H40O6/c1-18(19-8-2-3-9-19)22(32-26-10-4-6-14-29-26)13-12-20-21-16-25(28)31-24(21)17-23(20)33-27-11-5-7-15-30-27/h2,8,12-13,18-24,26-27H,3-7,9-11,14-17H2,1H3/b13-12+/t18?,19?,20-,21-,22+,23-,24+,26?,27?/m1/s1. The van der Waals surface area contributed by atoms with Gasteiger partial charge in [0, 0.05) is 31.5 Å². The van der Waals surface area contributed by atoms with Gasteiger partial charge in [0.15, 0.2) is 12.6 Å². The Morgan fingerprint density at radius 1 is 1.06 bits per heavy atom. The molecule has 6 nitrogen and oxygen atoms in total. The number of fused-ring (bicyclic) bond motifs is 1. The molecule has 3 saturated heterocycles. The third-order valence-corrected chi connectivity index (χ3v) is 8.23. The highest BCUT2D eigenvalue weighted by Gasteiger charge is 2.50. The fourth-order valence-corrected chi connectivity index (χ4v) is 6.24. The maximum Gasteiger partial charge on any atom is 0.306 e. The van der Waals surface area contributed by atoms with Gasteiger partial charge in [-0.1, -0.05) is 31.2 Å². The molecule has 3 aliphatic heterocycles. The van der Waals surface area contributed by atoms with Gasteiger partial charge in [-0.15, -0.1) is 0 Å². The lowest BCUT2D eigenvalue weighted by atomic mass is 9.86. The molecule has 33 heavy (non-hydrogen) atoms. The first-order chi connectivity index (χ1) is 16.2. The Balaban J connectivity index is 1.31. The number of rotatable bonds is 8. The van der Waals surface area contributed by atoms with Crippen molar-refractivity contribution >= 4 is 5.97 Å². The first kappa shape index (κ1) is 23.5. The highest BCUT2D eigenvalue weighted by atomic mass is 16.7. The Kier molecular flexibility index (Phi) is 7.86. The molecule has 0 aromatic rings. The minimum Gasteiger partial charge on any atom is -0.462 e. The second-order valence-corrected chi connectivity index (χ2v) is 10.5. The summed E-state index contributed by atoms with van der Waals surface area (Å²) in [4.78, 5) is 12.0. The summed E-state index contributed by atoms with van der Waals surface area (Å²) >= 11 is 0. The molecule has 5 aliphatic rings. The van der Waals surface area contributed by atoms with E-state index in [2.05, 4.69) is 31.2 Å². The second kappa shape index (κ2) is 11.0. The molecule has 9 atom stereocenters. The smallest absolute Gasteiger partial charge is 0.306 e. The van der Waals surface area contributed by atoms with Crippen molar-refractivity contribution < 1.29 is 28.5 Å². The Hall–Kier alpha value is -1.21. The molecular weight excluding hydrogens is 420 g/mol. The predicted molar refractivity (Wildman–Crippen MR) is 123 cm³/mol. The van der Waals surface area contributed by atoms with Gasteiger partial charge in [0.2, 0.25) is 0 Å². The third kappa shape index (κ3) is 5.72. The van der Waals surface area contributed by atoms with E-state index in [1.54, 1.807) is 0 Å². The molecule has 6 heteroatoms. The Morgan fingerprint density at radius 2 is 1.85 bits per heavy atom. The normalized spacial score (nSPS) is 40.8. The van der Waals surface area contributed by atoms with Gasteiger partial charge in [-0.3, -0.25) is 4.79 Å². The minimum atomic E-state index is -0.139. The largest absolute Gasteiger partial charge is 0.462 e. The zero-order chi connectivity index (χ0) is 22.6. The highest BCUT2D eigenvalue weighted by Crippen LogP contribution is 2.44. The van der Waals surface area contributed by atoms with Crippen LogP contribution in [0.1, 0.15) is 71.1 Å². The first-order valence-corrected chi connectivity index (χ1v) is 13.3. The van der Waals surface area contributed by atoms with Crippen molar-refractivity contribution in [3.63, 3.8) is 0 Å². The molecule has 3 heterocycles. The van der Waals surface area contributed by atoms with Crippen LogP contribution < -0.4 is 0 Å². The van der Waals surface area contributed by atoms with E-state index in [9.17, 15) is 4.79 Å². The number of carbonyl (C=O) groups is 1. The van der Waals surface area contributed by atoms with Crippen LogP contribution in [0.5, 0.6) is 0 Å². The van der Waals surface area contributed by atoms with Crippen LogP contribution in [0.4, 0.5) is 0 Å². The number of carbonyl (C=O) groups excluding carboxylic acids is 1. The van der Waals surface area contributed by atoms with Gasteiger partial charge in [-0.05, 0) is 63.2 Å². The summed E-state index contributed by atoms with van der Waals surface area (Å²) < 4.78 is 30.4. The number of hydrogen-bond acceptors (Lipinski definition) is 6. The van der Waals surface area contributed by atoms with E-state index in [1.807, 2.05) is 0 Å². The van der Waals surface area contributed by atoms with Gasteiger partial charge >= 0.3 is 5.97 Å². The van der Waals surface area contributed by atoms with Gasteiger partial charge in [-0.2, -0.15) is 0 Å². The minimum absolute atomic E-state index is 0.0145. The van der Waals surface area contributed by atoms with E-state index >= 15 is 0 Å². The summed E-state index contributed by atoms with van der Waals surface area (Å²) in [6.45, 7) is 3.84.